The number of hydrogen-bond donors (Lipinski definition) is 1. The molecule has 0 atom stereocenters. The Hall–Kier alpha value is -0.793. The highest BCUT2D eigenvalue weighted by Crippen LogP contribution is 2.14. The third-order valence-corrected chi connectivity index (χ3v) is 5.63. The minimum atomic E-state index is -2.40. The molecule has 0 aliphatic rings. The van der Waals surface area contributed by atoms with E-state index in [1.807, 2.05) is 18.2 Å². The van der Waals surface area contributed by atoms with E-state index in [1.165, 1.54) is 0 Å². The quantitative estimate of drug-likeness (QED) is 0.543. The zero-order valence-electron chi connectivity index (χ0n) is 11.3. The first-order valence-corrected chi connectivity index (χ1v) is 7.95. The van der Waals surface area contributed by atoms with Crippen LogP contribution in [0.5, 0.6) is 0 Å². The van der Waals surface area contributed by atoms with E-state index in [0.29, 0.717) is 0 Å². The molecule has 0 aliphatic heterocycles. The summed E-state index contributed by atoms with van der Waals surface area (Å²) in [6.07, 6.45) is 2.75. The highest BCUT2D eigenvalue weighted by molar-refractivity contribution is 6.60. The molecule has 0 aliphatic carbocycles. The summed E-state index contributed by atoms with van der Waals surface area (Å²) in [5.74, 6) is 0. The lowest BCUT2D eigenvalue weighted by atomic mass is 10.3. The molecule has 0 bridgehead atoms. The topological polar surface area (TPSA) is 52.6 Å². The molecule has 18 heavy (non-hydrogen) atoms. The third-order valence-electron chi connectivity index (χ3n) is 2.80. The number of rotatable bonds is 9. The van der Waals surface area contributed by atoms with Gasteiger partial charge in [0.2, 0.25) is 0 Å². The van der Waals surface area contributed by atoms with E-state index in [9.17, 15) is 0 Å². The van der Waals surface area contributed by atoms with Gasteiger partial charge in [0.05, 0.1) is 5.69 Å². The van der Waals surface area contributed by atoms with Crippen molar-refractivity contribution in [1.82, 2.24) is 10.3 Å². The van der Waals surface area contributed by atoms with Crippen LogP contribution in [0, 0.1) is 0 Å². The van der Waals surface area contributed by atoms with E-state index in [2.05, 4.69) is 10.3 Å². The summed E-state index contributed by atoms with van der Waals surface area (Å²) in [5, 5.41) is 3.34. The van der Waals surface area contributed by atoms with Crippen LogP contribution in [0.2, 0.25) is 6.04 Å². The lowest BCUT2D eigenvalue weighted by Gasteiger charge is -2.24. The van der Waals surface area contributed by atoms with Crippen molar-refractivity contribution in [2.45, 2.75) is 19.0 Å². The smallest absolute Gasteiger partial charge is 0.377 e. The molecule has 1 aromatic rings. The van der Waals surface area contributed by atoms with Gasteiger partial charge in [0.1, 0.15) is 0 Å². The van der Waals surface area contributed by atoms with Crippen molar-refractivity contribution in [3.05, 3.63) is 30.1 Å². The minimum absolute atomic E-state index is 0.780. The largest absolute Gasteiger partial charge is 0.500 e. The van der Waals surface area contributed by atoms with Crippen LogP contribution in [0.25, 0.3) is 0 Å². The molecular formula is C12H22N2O3Si. The van der Waals surface area contributed by atoms with Crippen molar-refractivity contribution in [3.63, 3.8) is 0 Å². The molecule has 1 aromatic heterocycles. The SMILES string of the molecule is CO[Si](CCCNCc1ccccn1)(OC)OC. The number of nitrogens with zero attached hydrogens (tertiary/aromatic N) is 1. The van der Waals surface area contributed by atoms with Crippen LogP contribution >= 0.6 is 0 Å². The van der Waals surface area contributed by atoms with Gasteiger partial charge in [0.25, 0.3) is 0 Å². The van der Waals surface area contributed by atoms with E-state index in [1.54, 1.807) is 27.5 Å². The Bertz CT molecular complexity index is 312. The monoisotopic (exact) mass is 270 g/mol. The van der Waals surface area contributed by atoms with Crippen molar-refractivity contribution >= 4 is 8.80 Å². The second-order valence-electron chi connectivity index (χ2n) is 3.90. The minimum Gasteiger partial charge on any atom is -0.377 e. The number of nitrogens with one attached hydrogen (secondary N) is 1. The van der Waals surface area contributed by atoms with Crippen LogP contribution in [0.15, 0.2) is 24.4 Å². The standard InChI is InChI=1S/C12H22N2O3Si/c1-15-18(16-2,17-3)10-6-8-13-11-12-7-4-5-9-14-12/h4-5,7,9,13H,6,8,10-11H2,1-3H3. The number of aromatic nitrogens is 1. The van der Waals surface area contributed by atoms with E-state index in [-0.39, 0.29) is 0 Å². The summed E-state index contributed by atoms with van der Waals surface area (Å²) in [7, 11) is 2.52. The first kappa shape index (κ1) is 15.3. The average molecular weight is 270 g/mol. The highest BCUT2D eigenvalue weighted by atomic mass is 28.4. The van der Waals surface area contributed by atoms with Crippen molar-refractivity contribution in [2.75, 3.05) is 27.9 Å². The zero-order valence-corrected chi connectivity index (χ0v) is 12.3. The van der Waals surface area contributed by atoms with Gasteiger partial charge in [0, 0.05) is 40.1 Å². The van der Waals surface area contributed by atoms with Gasteiger partial charge in [-0.25, -0.2) is 0 Å². The molecule has 5 nitrogen and oxygen atoms in total. The predicted molar refractivity (Wildman–Crippen MR) is 72.1 cm³/mol. The number of pyridine rings is 1. The van der Waals surface area contributed by atoms with Gasteiger partial charge in [-0.1, -0.05) is 6.07 Å². The first-order chi connectivity index (χ1) is 8.76. The second-order valence-corrected chi connectivity index (χ2v) is 6.99. The van der Waals surface area contributed by atoms with Gasteiger partial charge in [-0.3, -0.25) is 4.98 Å². The molecule has 1 rings (SSSR count). The van der Waals surface area contributed by atoms with E-state index >= 15 is 0 Å². The van der Waals surface area contributed by atoms with Gasteiger partial charge < -0.3 is 18.6 Å². The molecule has 102 valence electrons. The van der Waals surface area contributed by atoms with Gasteiger partial charge in [-0.05, 0) is 25.1 Å². The summed E-state index contributed by atoms with van der Waals surface area (Å²) in [6.45, 7) is 1.67. The Balaban J connectivity index is 2.18. The molecule has 0 radical (unpaired) electrons. The Morgan fingerprint density at radius 3 is 2.44 bits per heavy atom. The Morgan fingerprint density at radius 2 is 1.89 bits per heavy atom. The molecule has 0 fully saturated rings. The van der Waals surface area contributed by atoms with Crippen molar-refractivity contribution in [1.29, 1.82) is 0 Å². The van der Waals surface area contributed by atoms with E-state index in [4.69, 9.17) is 13.3 Å². The molecule has 0 amide bonds. The lowest BCUT2D eigenvalue weighted by molar-refractivity contribution is 0.123. The first-order valence-electron chi connectivity index (χ1n) is 6.02. The maximum absolute atomic E-state index is 5.36. The molecule has 6 heteroatoms. The third kappa shape index (κ3) is 4.83. The Kier molecular flexibility index (Phi) is 7.07. The summed E-state index contributed by atoms with van der Waals surface area (Å²) >= 11 is 0. The van der Waals surface area contributed by atoms with Gasteiger partial charge in [-0.15, -0.1) is 0 Å². The summed E-state index contributed by atoms with van der Waals surface area (Å²) in [5.41, 5.74) is 1.05. The lowest BCUT2D eigenvalue weighted by Crippen LogP contribution is -2.43. The average Bonchev–Trinajstić information content (AvgIpc) is 2.45. The Labute approximate surface area is 110 Å². The zero-order chi connectivity index (χ0) is 13.3. The maximum Gasteiger partial charge on any atom is 0.500 e. The van der Waals surface area contributed by atoms with Crippen LogP contribution in [0.4, 0.5) is 0 Å². The van der Waals surface area contributed by atoms with Crippen LogP contribution in [-0.4, -0.2) is 41.7 Å². The van der Waals surface area contributed by atoms with E-state index in [0.717, 1.165) is 31.2 Å². The molecule has 1 N–H and O–H groups in total. The fraction of sp³-hybridized carbons (Fsp3) is 0.583. The van der Waals surface area contributed by atoms with Crippen molar-refractivity contribution < 1.29 is 13.3 Å². The van der Waals surface area contributed by atoms with Crippen molar-refractivity contribution in [2.24, 2.45) is 0 Å². The molecular weight excluding hydrogens is 248 g/mol. The molecule has 0 aromatic carbocycles. The highest BCUT2D eigenvalue weighted by Gasteiger charge is 2.36. The van der Waals surface area contributed by atoms with Gasteiger partial charge in [0.15, 0.2) is 0 Å². The van der Waals surface area contributed by atoms with E-state index < -0.39 is 8.80 Å². The fourth-order valence-corrected chi connectivity index (χ4v) is 3.43. The van der Waals surface area contributed by atoms with Crippen LogP contribution in [-0.2, 0) is 19.8 Å². The maximum atomic E-state index is 5.36. The number of hydrogen-bond acceptors (Lipinski definition) is 5. The fourth-order valence-electron chi connectivity index (χ4n) is 1.71. The molecule has 0 spiro atoms. The summed E-state index contributed by atoms with van der Waals surface area (Å²) in [6, 6.07) is 6.72. The normalized spacial score (nSPS) is 11.7. The molecule has 0 saturated heterocycles. The molecule has 1 heterocycles. The molecule has 0 unspecified atom stereocenters. The summed E-state index contributed by atoms with van der Waals surface area (Å²) in [4.78, 5) is 4.25. The molecule has 0 saturated carbocycles. The van der Waals surface area contributed by atoms with Gasteiger partial charge in [-0.2, -0.15) is 0 Å². The van der Waals surface area contributed by atoms with Crippen LogP contribution < -0.4 is 5.32 Å². The Morgan fingerprint density at radius 1 is 1.17 bits per heavy atom. The summed E-state index contributed by atoms with van der Waals surface area (Å²) < 4.78 is 16.1. The van der Waals surface area contributed by atoms with Gasteiger partial charge >= 0.3 is 8.80 Å². The van der Waals surface area contributed by atoms with Crippen LogP contribution in [0.1, 0.15) is 12.1 Å². The van der Waals surface area contributed by atoms with Crippen LogP contribution in [0.3, 0.4) is 0 Å². The predicted octanol–water partition coefficient (Wildman–Crippen LogP) is 1.44. The second kappa shape index (κ2) is 8.33. The van der Waals surface area contributed by atoms with Crippen molar-refractivity contribution in [3.8, 4) is 0 Å².